The summed E-state index contributed by atoms with van der Waals surface area (Å²) in [5.41, 5.74) is 3.03. The van der Waals surface area contributed by atoms with Gasteiger partial charge < -0.3 is 51.3 Å². The Morgan fingerprint density at radius 3 is 1.82 bits per heavy atom. The molecule has 1 aliphatic carbocycles. The summed E-state index contributed by atoms with van der Waals surface area (Å²) in [5, 5.41) is 36.7. The summed E-state index contributed by atoms with van der Waals surface area (Å²) >= 11 is 0. The lowest BCUT2D eigenvalue weighted by atomic mass is 9.92. The van der Waals surface area contributed by atoms with Crippen molar-refractivity contribution in [3.8, 4) is 12.3 Å². The quantitative estimate of drug-likeness (QED) is 0.108. The second kappa shape index (κ2) is 26.4. The molecule has 1 unspecified atom stereocenters. The Morgan fingerprint density at radius 1 is 0.722 bits per heavy atom. The molecular formula is C55H77N7O10. The summed E-state index contributed by atoms with van der Waals surface area (Å²) in [6, 6.07) is 6.07. The average Bonchev–Trinajstić information content (AvgIpc) is 3.71. The molecule has 2 aromatic rings. The maximum absolute atomic E-state index is 15.2. The maximum Gasteiger partial charge on any atom is 0.248 e. The Morgan fingerprint density at radius 2 is 1.25 bits per heavy atom. The number of allylic oxidation sites excluding steroid dienone is 2. The molecule has 392 valence electrons. The molecule has 12 atom stereocenters. The Balaban J connectivity index is 1.99. The van der Waals surface area contributed by atoms with Gasteiger partial charge >= 0.3 is 0 Å². The number of carbonyl (C=O) groups excluding carboxylic acids is 7. The van der Waals surface area contributed by atoms with Crippen molar-refractivity contribution in [1.82, 2.24) is 36.4 Å². The van der Waals surface area contributed by atoms with Gasteiger partial charge in [0.2, 0.25) is 41.4 Å². The monoisotopic (exact) mass is 996 g/mol. The number of hydrogen-bond donors (Lipinski definition) is 7. The summed E-state index contributed by atoms with van der Waals surface area (Å²) in [6.07, 6.45) is 6.74. The topological polar surface area (TPSA) is 236 Å². The van der Waals surface area contributed by atoms with Crippen LogP contribution in [0.15, 0.2) is 72.3 Å². The van der Waals surface area contributed by atoms with Gasteiger partial charge in [0.25, 0.3) is 0 Å². The molecule has 2 aromatic carbocycles. The van der Waals surface area contributed by atoms with Crippen LogP contribution in [0.5, 0.6) is 0 Å². The van der Waals surface area contributed by atoms with E-state index in [9.17, 15) is 34.2 Å². The number of hydrogen-bond acceptors (Lipinski definition) is 10. The molecule has 4 rings (SSSR count). The fourth-order valence-corrected chi connectivity index (χ4v) is 9.37. The lowest BCUT2D eigenvalue weighted by Gasteiger charge is -2.36. The third kappa shape index (κ3) is 14.4. The Bertz CT molecular complexity index is 2360. The van der Waals surface area contributed by atoms with Crippen molar-refractivity contribution in [3.63, 3.8) is 0 Å². The summed E-state index contributed by atoms with van der Waals surface area (Å²) in [7, 11) is 4.13. The number of nitrogens with one attached hydrogen (secondary N) is 5. The van der Waals surface area contributed by atoms with Crippen LogP contribution in [-0.4, -0.2) is 138 Å². The highest BCUT2D eigenvalue weighted by molar-refractivity contribution is 6.00. The zero-order chi connectivity index (χ0) is 53.7. The Labute approximate surface area is 425 Å². The van der Waals surface area contributed by atoms with Crippen LogP contribution < -0.4 is 26.6 Å². The van der Waals surface area contributed by atoms with Gasteiger partial charge in [-0.15, -0.1) is 12.3 Å². The van der Waals surface area contributed by atoms with Crippen molar-refractivity contribution < 1.29 is 48.5 Å². The van der Waals surface area contributed by atoms with E-state index in [1.165, 1.54) is 33.0 Å². The molecule has 17 heteroatoms. The second-order valence-corrected chi connectivity index (χ2v) is 20.3. The first kappa shape index (κ1) is 58.2. The number of methoxy groups -OCH3 is 1. The van der Waals surface area contributed by atoms with Gasteiger partial charge in [-0.25, -0.2) is 0 Å². The molecule has 0 bridgehead atoms. The molecule has 1 fully saturated rings. The highest BCUT2D eigenvalue weighted by Gasteiger charge is 2.44. The Kier molecular flexibility index (Phi) is 21.3. The van der Waals surface area contributed by atoms with Crippen molar-refractivity contribution in [2.24, 2.45) is 23.7 Å². The van der Waals surface area contributed by atoms with Crippen molar-refractivity contribution >= 4 is 46.9 Å². The minimum Gasteiger partial charge on any atom is -0.396 e. The highest BCUT2D eigenvalue weighted by atomic mass is 16.5. The van der Waals surface area contributed by atoms with E-state index in [4.69, 9.17) is 11.2 Å². The van der Waals surface area contributed by atoms with Gasteiger partial charge in [0.15, 0.2) is 0 Å². The van der Waals surface area contributed by atoms with Crippen molar-refractivity contribution in [1.29, 1.82) is 0 Å². The fraction of sp³-hybridized carbons (Fsp3) is 0.545. The predicted molar refractivity (Wildman–Crippen MR) is 275 cm³/mol. The summed E-state index contributed by atoms with van der Waals surface area (Å²) in [6.45, 7) is 15.2. The second-order valence-electron chi connectivity index (χ2n) is 20.3. The van der Waals surface area contributed by atoms with Crippen LogP contribution in [0, 0.1) is 36.0 Å². The molecule has 0 spiro atoms. The molecular weight excluding hydrogens is 919 g/mol. The fourth-order valence-electron chi connectivity index (χ4n) is 9.37. The number of aliphatic hydroxyl groups is 2. The van der Waals surface area contributed by atoms with E-state index < -0.39 is 114 Å². The van der Waals surface area contributed by atoms with Crippen molar-refractivity contribution in [3.05, 3.63) is 89.0 Å². The smallest absolute Gasteiger partial charge is 0.248 e. The van der Waals surface area contributed by atoms with Crippen LogP contribution in [-0.2, 0) is 38.3 Å². The highest BCUT2D eigenvalue weighted by Crippen LogP contribution is 2.40. The van der Waals surface area contributed by atoms with Crippen LogP contribution in [0.3, 0.4) is 0 Å². The zero-order valence-electron chi connectivity index (χ0n) is 43.9. The number of terminal acetylenes is 1. The molecule has 0 aromatic heterocycles. The molecule has 72 heavy (non-hydrogen) atoms. The molecule has 7 N–H and O–H groups in total. The number of aliphatic hydroxyl groups excluding tert-OH is 2. The molecule has 0 radical (unpaired) electrons. The summed E-state index contributed by atoms with van der Waals surface area (Å²) < 4.78 is 5.86. The van der Waals surface area contributed by atoms with Gasteiger partial charge in [-0.2, -0.15) is 0 Å². The number of likely N-dealkylation sites (N-methyl/N-ethyl adjacent to an activating group) is 2. The number of nitrogens with zero attached hydrogens (tertiary/aromatic N) is 2. The molecule has 2 aliphatic rings. The van der Waals surface area contributed by atoms with E-state index >= 15 is 9.59 Å². The van der Waals surface area contributed by atoms with E-state index in [0.29, 0.717) is 16.7 Å². The third-order valence-corrected chi connectivity index (χ3v) is 13.4. The number of fused-ring (bicyclic) bond motifs is 1. The largest absolute Gasteiger partial charge is 0.396 e. The lowest BCUT2D eigenvalue weighted by Crippen LogP contribution is -2.63. The van der Waals surface area contributed by atoms with E-state index in [1.807, 2.05) is 39.8 Å². The molecule has 0 saturated carbocycles. The van der Waals surface area contributed by atoms with Crippen molar-refractivity contribution in [2.75, 3.05) is 27.8 Å². The van der Waals surface area contributed by atoms with Gasteiger partial charge in [0.1, 0.15) is 54.5 Å². The van der Waals surface area contributed by atoms with Gasteiger partial charge in [0, 0.05) is 46.1 Å². The normalized spacial score (nSPS) is 25.9. The first-order valence-electron chi connectivity index (χ1n) is 24.8. The van der Waals surface area contributed by atoms with Gasteiger partial charge in [0.05, 0.1) is 0 Å². The average molecular weight is 996 g/mol. The van der Waals surface area contributed by atoms with E-state index in [1.54, 1.807) is 82.3 Å². The van der Waals surface area contributed by atoms with E-state index in [0.717, 1.165) is 16.0 Å². The summed E-state index contributed by atoms with van der Waals surface area (Å²) in [4.78, 5) is 106. The van der Waals surface area contributed by atoms with Crippen LogP contribution in [0.2, 0.25) is 0 Å². The van der Waals surface area contributed by atoms with Crippen LogP contribution >= 0.6 is 0 Å². The number of carbonyl (C=O) groups is 7. The minimum absolute atomic E-state index is 0.123. The predicted octanol–water partition coefficient (Wildman–Crippen LogP) is 3.37. The first-order chi connectivity index (χ1) is 34.0. The molecule has 1 heterocycles. The van der Waals surface area contributed by atoms with E-state index in [2.05, 4.69) is 32.5 Å². The molecule has 1 aliphatic heterocycles. The first-order valence-corrected chi connectivity index (χ1v) is 24.8. The van der Waals surface area contributed by atoms with Crippen LogP contribution in [0.25, 0.3) is 5.57 Å². The molecule has 7 amide bonds. The van der Waals surface area contributed by atoms with Crippen LogP contribution in [0.4, 0.5) is 0 Å². The maximum atomic E-state index is 15.2. The standard InChI is InChI=1S/C55H77N7O10/c1-14-20-37-28-40(39-24-19-18-23-38(37)39)47(64)45-55(71)62(12)42(27-33(8)29-63)50(66)56-35(10)49(65)60-46(48(72-13)36-21-16-15-17-22-36)53(69)57-43(32(6)7)54(70)61(11)41(26-31(4)5)51(67)58-44(52(68)59-45)34(9)25-30(2)3/h1,15-19,21-25,28,31-35,37,41-48,63-64H,20,26-27,29H2,2-13H3,(H,56,66)(H,57,69)(H,58,67)(H,59,68)(H,60,65)/t33-,34-,35+,37?,41+,42+,43+,44+,45+,46+,47-,48-/m1/s1. The van der Waals surface area contributed by atoms with Gasteiger partial charge in [-0.3, -0.25) is 33.6 Å². The minimum atomic E-state index is -1.79. The van der Waals surface area contributed by atoms with Crippen molar-refractivity contribution in [2.45, 2.75) is 142 Å². The zero-order valence-corrected chi connectivity index (χ0v) is 43.9. The van der Waals surface area contributed by atoms with Gasteiger partial charge in [-0.1, -0.05) is 114 Å². The van der Waals surface area contributed by atoms with E-state index in [-0.39, 0.29) is 37.7 Å². The van der Waals surface area contributed by atoms with Crippen LogP contribution in [0.1, 0.15) is 110 Å². The molecule has 17 nitrogen and oxygen atoms in total. The third-order valence-electron chi connectivity index (χ3n) is 13.4. The number of amides is 7. The SMILES string of the molecule is C#CCC1C=C([C@@H](O)[C@@H]2NC(=O)[C@H]([C@H](C)C=C(C)C)NC(=O)[C@H](CC(C)C)N(C)C(=O)[C@H](C(C)C)NC(=O)[C@H]([C@H](OC)c3ccccc3)NC(=O)[C@H](C)NC(=O)[C@H](C[C@@H](C)CO)N(C)C2=O)c2ccccc21. The summed E-state index contributed by atoms with van der Waals surface area (Å²) in [5.74, 6) is -5.17. The number of rotatable bonds is 14. The lowest BCUT2D eigenvalue weighted by molar-refractivity contribution is -0.145. The number of benzene rings is 2. The number of ether oxygens (including phenoxy) is 1. The van der Waals surface area contributed by atoms with Gasteiger partial charge in [-0.05, 0) is 73.6 Å². The molecule has 1 saturated heterocycles. The Hall–Kier alpha value is -6.35.